The first-order valence-corrected chi connectivity index (χ1v) is 6.01. The number of rotatable bonds is 2. The van der Waals surface area contributed by atoms with Crippen molar-refractivity contribution in [1.29, 1.82) is 0 Å². The summed E-state index contributed by atoms with van der Waals surface area (Å²) in [6.45, 7) is 2.26. The smallest absolute Gasteiger partial charge is 0.0466 e. The molecule has 0 atom stereocenters. The van der Waals surface area contributed by atoms with Crippen LogP contribution in [0.25, 0.3) is 0 Å². The Balaban J connectivity index is 0. The van der Waals surface area contributed by atoms with Crippen LogP contribution in [0.4, 0.5) is 8.78 Å². The van der Waals surface area contributed by atoms with E-state index in [1.54, 1.807) is 6.07 Å². The normalized spacial score (nSPS) is 21.6. The summed E-state index contributed by atoms with van der Waals surface area (Å²) >= 11 is 0. The van der Waals surface area contributed by atoms with Gasteiger partial charge in [-0.2, -0.15) is 12.1 Å². The number of hydrogen-bond donors (Lipinski definition) is 0. The van der Waals surface area contributed by atoms with Gasteiger partial charge in [-0.3, -0.25) is 4.39 Å². The van der Waals surface area contributed by atoms with Crippen molar-refractivity contribution < 1.29 is 74.2 Å². The Morgan fingerprint density at radius 3 is 2.32 bits per heavy atom. The number of benzene rings is 1. The number of halogens is 2. The molecule has 1 aromatic carbocycles. The molecule has 0 unspecified atom stereocenters. The van der Waals surface area contributed by atoms with Gasteiger partial charge in [-0.05, 0) is 31.1 Å². The maximum Gasteiger partial charge on any atom is 0.0466 e. The molecule has 4 heteroatoms. The van der Waals surface area contributed by atoms with Crippen molar-refractivity contribution >= 4 is 0 Å². The van der Waals surface area contributed by atoms with E-state index in [-0.39, 0.29) is 72.8 Å². The van der Waals surface area contributed by atoms with Gasteiger partial charge in [-0.15, -0.1) is 11.6 Å². The molecule has 1 fully saturated rings. The molecule has 0 aliphatic heterocycles. The van der Waals surface area contributed by atoms with Crippen LogP contribution in [0, 0.1) is 29.5 Å². The molecule has 0 aromatic heterocycles. The molecule has 0 bridgehead atoms. The fourth-order valence-corrected chi connectivity index (χ4v) is 2.49. The van der Waals surface area contributed by atoms with Gasteiger partial charge < -0.3 is 0 Å². The fraction of sp³-hybridized carbons (Fsp3) is 0.600. The third-order valence-electron chi connectivity index (χ3n) is 3.61. The zero-order chi connectivity index (χ0) is 11.5. The van der Waals surface area contributed by atoms with Crippen LogP contribution >= 0.6 is 0 Å². The summed E-state index contributed by atoms with van der Waals surface area (Å²) in [4.78, 5) is 0. The van der Waals surface area contributed by atoms with E-state index >= 15 is 0 Å². The van der Waals surface area contributed by atoms with Gasteiger partial charge in [0.05, 0.1) is 0 Å². The van der Waals surface area contributed by atoms with Gasteiger partial charge in [0.15, 0.2) is 0 Å². The fourth-order valence-electron chi connectivity index (χ4n) is 2.49. The molecule has 2 radical (unpaired) electrons. The maximum absolute atomic E-state index is 13.4. The summed E-state index contributed by atoms with van der Waals surface area (Å²) < 4.78 is 26.4. The van der Waals surface area contributed by atoms with Crippen LogP contribution in [0.3, 0.4) is 0 Å². The van der Waals surface area contributed by atoms with Crippen molar-refractivity contribution in [1.82, 2.24) is 0 Å². The Morgan fingerprint density at radius 1 is 1.16 bits per heavy atom. The third kappa shape index (κ3) is 6.72. The van der Waals surface area contributed by atoms with Gasteiger partial charge in [0, 0.05) is 77.1 Å². The monoisotopic (exact) mass is 417 g/mol. The summed E-state index contributed by atoms with van der Waals surface area (Å²) in [5.41, 5.74) is 0.510. The Kier molecular flexibility index (Phi) is 13.0. The molecular weight excluding hydrogens is 396 g/mol. The van der Waals surface area contributed by atoms with Crippen molar-refractivity contribution in [2.24, 2.45) is 11.8 Å². The second-order valence-corrected chi connectivity index (χ2v) is 4.96. The molecule has 0 N–H and O–H groups in total. The molecule has 1 aliphatic carbocycles. The topological polar surface area (TPSA) is 0 Å². The van der Waals surface area contributed by atoms with E-state index in [2.05, 4.69) is 13.0 Å². The Morgan fingerprint density at radius 2 is 1.74 bits per heavy atom. The molecule has 0 saturated heterocycles. The SMILES string of the molecule is C.CC1CCC(Cc2cc[c-]c(F)c2F)CC1.[Y].[Y]. The van der Waals surface area contributed by atoms with E-state index in [1.165, 1.54) is 18.9 Å². The molecular formula is C15H21F2Y2-. The van der Waals surface area contributed by atoms with Crippen LogP contribution in [0.2, 0.25) is 0 Å². The van der Waals surface area contributed by atoms with E-state index in [0.29, 0.717) is 17.9 Å². The summed E-state index contributed by atoms with van der Waals surface area (Å²) in [6, 6.07) is 5.36. The zero-order valence-corrected chi connectivity index (χ0v) is 16.4. The molecule has 0 amide bonds. The second kappa shape index (κ2) is 10.9. The van der Waals surface area contributed by atoms with E-state index in [4.69, 9.17) is 0 Å². The summed E-state index contributed by atoms with van der Waals surface area (Å²) in [5.74, 6) is -0.239. The van der Waals surface area contributed by atoms with Crippen LogP contribution in [0.15, 0.2) is 12.1 Å². The first kappa shape index (κ1) is 22.6. The Bertz CT molecular complexity index is 361. The van der Waals surface area contributed by atoms with Crippen molar-refractivity contribution in [2.75, 3.05) is 0 Å². The summed E-state index contributed by atoms with van der Waals surface area (Å²) in [5, 5.41) is 0. The van der Waals surface area contributed by atoms with Crippen LogP contribution in [-0.2, 0) is 71.8 Å². The molecule has 1 saturated carbocycles. The second-order valence-electron chi connectivity index (χ2n) is 4.96. The van der Waals surface area contributed by atoms with Gasteiger partial charge in [0.1, 0.15) is 0 Å². The predicted octanol–water partition coefficient (Wildman–Crippen LogP) is 4.76. The third-order valence-corrected chi connectivity index (χ3v) is 3.61. The van der Waals surface area contributed by atoms with E-state index < -0.39 is 11.6 Å². The first-order valence-electron chi connectivity index (χ1n) is 6.01. The molecule has 1 aliphatic rings. The molecule has 0 spiro atoms. The maximum atomic E-state index is 13.4. The van der Waals surface area contributed by atoms with Crippen molar-refractivity contribution in [2.45, 2.75) is 46.5 Å². The van der Waals surface area contributed by atoms with Crippen LogP contribution in [-0.4, -0.2) is 0 Å². The van der Waals surface area contributed by atoms with E-state index in [9.17, 15) is 8.78 Å². The number of hydrogen-bond acceptors (Lipinski definition) is 0. The quantitative estimate of drug-likeness (QED) is 0.609. The van der Waals surface area contributed by atoms with Gasteiger partial charge >= 0.3 is 0 Å². The summed E-state index contributed by atoms with van der Waals surface area (Å²) in [7, 11) is 0. The average molecular weight is 417 g/mol. The van der Waals surface area contributed by atoms with E-state index in [1.807, 2.05) is 0 Å². The van der Waals surface area contributed by atoms with Gasteiger partial charge in [0.2, 0.25) is 0 Å². The van der Waals surface area contributed by atoms with Gasteiger partial charge in [-0.1, -0.05) is 27.2 Å². The van der Waals surface area contributed by atoms with Crippen molar-refractivity contribution in [3.05, 3.63) is 35.4 Å². The molecule has 0 nitrogen and oxygen atoms in total. The molecule has 2 rings (SSSR count). The average Bonchev–Trinajstić information content (AvgIpc) is 2.28. The van der Waals surface area contributed by atoms with E-state index in [0.717, 1.165) is 18.8 Å². The largest absolute Gasteiger partial charge is 0.281 e. The minimum absolute atomic E-state index is 0. The standard InChI is InChI=1S/C14H17F2.CH4.2Y/c1-10-5-7-11(8-6-10)9-12-3-2-4-13(15)14(12)16;;;/h2-3,10-11H,5-9H2,1H3;1H4;;/q-1;;;. The summed E-state index contributed by atoms with van der Waals surface area (Å²) in [6.07, 6.45) is 5.38. The van der Waals surface area contributed by atoms with Crippen molar-refractivity contribution in [3.8, 4) is 0 Å². The molecule has 1 aromatic rings. The molecule has 19 heavy (non-hydrogen) atoms. The van der Waals surface area contributed by atoms with Crippen LogP contribution < -0.4 is 0 Å². The zero-order valence-electron chi connectivity index (χ0n) is 10.8. The Hall–Kier alpha value is 1.29. The minimum atomic E-state index is -0.846. The first-order chi connectivity index (χ1) is 7.66. The van der Waals surface area contributed by atoms with Gasteiger partial charge in [0.25, 0.3) is 0 Å². The molecule has 0 heterocycles. The predicted molar refractivity (Wildman–Crippen MR) is 66.8 cm³/mol. The Labute approximate surface area is 166 Å². The van der Waals surface area contributed by atoms with Crippen LogP contribution in [0.5, 0.6) is 0 Å². The van der Waals surface area contributed by atoms with Gasteiger partial charge in [-0.25, -0.2) is 4.39 Å². The van der Waals surface area contributed by atoms with Crippen LogP contribution in [0.1, 0.15) is 45.6 Å². The van der Waals surface area contributed by atoms with Crippen molar-refractivity contribution in [3.63, 3.8) is 0 Å². The molecule has 102 valence electrons. The minimum Gasteiger partial charge on any atom is -0.281 e.